The third-order valence-electron chi connectivity index (χ3n) is 7.73. The third-order valence-corrected chi connectivity index (χ3v) is 8.98. The molecule has 1 heterocycles. The Morgan fingerprint density at radius 3 is 2.13 bits per heavy atom. The van der Waals surface area contributed by atoms with Crippen LogP contribution in [0.2, 0.25) is 0 Å². The zero-order valence-electron chi connectivity index (χ0n) is 22.1. The van der Waals surface area contributed by atoms with E-state index in [0.717, 1.165) is 5.57 Å². The summed E-state index contributed by atoms with van der Waals surface area (Å²) in [6.07, 6.45) is -9.49. The minimum atomic E-state index is -5.95. The Hall–Kier alpha value is -0.0500. The van der Waals surface area contributed by atoms with Crippen molar-refractivity contribution in [3.63, 3.8) is 0 Å². The summed E-state index contributed by atoms with van der Waals surface area (Å²) < 4.78 is 92.9. The molecule has 0 radical (unpaired) electrons. The van der Waals surface area contributed by atoms with Gasteiger partial charge in [-0.15, -0.1) is 11.6 Å². The number of ether oxygens (including phenoxy) is 2. The molecule has 8 atom stereocenters. The van der Waals surface area contributed by atoms with Crippen molar-refractivity contribution < 1.29 is 46.0 Å². The fourth-order valence-electron chi connectivity index (χ4n) is 4.66. The maximum absolute atomic E-state index is 14.8. The van der Waals surface area contributed by atoms with Crippen molar-refractivity contribution in [2.24, 2.45) is 5.92 Å². The van der Waals surface area contributed by atoms with Crippen LogP contribution in [0.1, 0.15) is 66.2 Å². The second-order valence-electron chi connectivity index (χ2n) is 10.5. The van der Waals surface area contributed by atoms with E-state index in [2.05, 4.69) is 10.6 Å². The molecule has 4 N–H and O–H groups in total. The largest absolute Gasteiger partial charge is 0.431 e. The molecule has 0 saturated carbocycles. The molecular formula is C24H37Cl3F6N2O4. The maximum Gasteiger partial charge on any atom is 0.431 e. The molecule has 1 aliphatic heterocycles. The Morgan fingerprint density at radius 1 is 1.08 bits per heavy atom. The topological polar surface area (TPSA) is 83.0 Å². The van der Waals surface area contributed by atoms with Gasteiger partial charge in [0.15, 0.2) is 0 Å². The number of hydrogen-bond donors (Lipinski definition) is 4. The van der Waals surface area contributed by atoms with Gasteiger partial charge >= 0.3 is 6.18 Å². The van der Waals surface area contributed by atoms with Crippen LogP contribution in [0.3, 0.4) is 0 Å². The Balaban J connectivity index is 1.98. The van der Waals surface area contributed by atoms with E-state index in [-0.39, 0.29) is 19.9 Å². The molecule has 1 saturated heterocycles. The Bertz CT molecular complexity index is 818. The number of allylic oxidation sites excluding steroid dienone is 1. The van der Waals surface area contributed by atoms with E-state index >= 15 is 0 Å². The Labute approximate surface area is 239 Å². The first kappa shape index (κ1) is 35.1. The Morgan fingerprint density at radius 2 is 1.67 bits per heavy atom. The fourth-order valence-corrected chi connectivity index (χ4v) is 5.83. The molecule has 0 amide bonds. The average Bonchev–Trinajstić information content (AvgIpc) is 2.83. The van der Waals surface area contributed by atoms with Crippen LogP contribution < -0.4 is 10.6 Å². The number of alkyl halides is 8. The van der Waals surface area contributed by atoms with Crippen molar-refractivity contribution in [1.29, 1.82) is 0 Å². The number of halogens is 9. The van der Waals surface area contributed by atoms with Crippen molar-refractivity contribution in [3.05, 3.63) is 10.6 Å². The number of aliphatic hydroxyl groups is 2. The van der Waals surface area contributed by atoms with E-state index in [0.29, 0.717) is 30.7 Å². The van der Waals surface area contributed by atoms with Crippen molar-refractivity contribution in [1.82, 2.24) is 10.6 Å². The minimum Gasteiger partial charge on any atom is -0.378 e. The Kier molecular flexibility index (Phi) is 12.2. The molecule has 230 valence electrons. The first-order valence-corrected chi connectivity index (χ1v) is 14.0. The lowest BCUT2D eigenvalue weighted by atomic mass is 9.85. The summed E-state index contributed by atoms with van der Waals surface area (Å²) in [6.45, 7) is 5.86. The van der Waals surface area contributed by atoms with Crippen molar-refractivity contribution >= 4 is 34.8 Å². The van der Waals surface area contributed by atoms with Gasteiger partial charge in [0.05, 0.1) is 17.0 Å². The van der Waals surface area contributed by atoms with Gasteiger partial charge in [0.1, 0.15) is 17.9 Å². The third kappa shape index (κ3) is 8.28. The minimum absolute atomic E-state index is 0.185. The van der Waals surface area contributed by atoms with Crippen LogP contribution in [0.4, 0.5) is 26.3 Å². The molecule has 2 rings (SSSR count). The van der Waals surface area contributed by atoms with Gasteiger partial charge in [-0.2, -0.15) is 13.2 Å². The summed E-state index contributed by atoms with van der Waals surface area (Å²) in [4.78, 5) is 0. The van der Waals surface area contributed by atoms with Crippen LogP contribution in [-0.4, -0.2) is 75.9 Å². The maximum atomic E-state index is 14.8. The smallest absolute Gasteiger partial charge is 0.378 e. The summed E-state index contributed by atoms with van der Waals surface area (Å²) in [5, 5.41) is 25.5. The monoisotopic (exact) mass is 636 g/mol. The molecule has 0 aromatic rings. The zero-order valence-corrected chi connectivity index (χ0v) is 24.4. The summed E-state index contributed by atoms with van der Waals surface area (Å²) >= 11 is 18.6. The van der Waals surface area contributed by atoms with Gasteiger partial charge in [-0.3, -0.25) is 10.6 Å². The van der Waals surface area contributed by atoms with Crippen molar-refractivity contribution in [2.75, 3.05) is 6.54 Å². The summed E-state index contributed by atoms with van der Waals surface area (Å²) in [6, 6.07) is -1.17. The molecule has 0 aromatic carbocycles. The number of hydrogen-bond acceptors (Lipinski definition) is 6. The quantitative estimate of drug-likeness (QED) is 0.121. The molecule has 1 fully saturated rings. The molecule has 0 spiro atoms. The summed E-state index contributed by atoms with van der Waals surface area (Å²) in [5.41, 5.74) is -6.44. The highest BCUT2D eigenvalue weighted by molar-refractivity contribution is 6.30. The average molecular weight is 638 g/mol. The van der Waals surface area contributed by atoms with Gasteiger partial charge in [0, 0.05) is 24.4 Å². The van der Waals surface area contributed by atoms with Gasteiger partial charge in [-0.1, -0.05) is 37.0 Å². The standard InChI is InChI=1S/C24H37Cl3F6N2O4/c1-5-21(3,6-2)39-20(37)34-11-13-8-7-12(9-14(13)25)19(36)35-17-15(26)10-16(38-18(17)27)23(30,22(4,28)29)24(31,32)33/h12,15-20,34-37H,5-11H2,1-4H3. The number of aliphatic hydroxyl groups excluding tert-OH is 2. The molecule has 1 aliphatic carbocycles. The van der Waals surface area contributed by atoms with Crippen LogP contribution in [-0.2, 0) is 9.47 Å². The molecule has 0 aromatic heterocycles. The van der Waals surface area contributed by atoms with E-state index in [1.165, 1.54) is 0 Å². The predicted molar refractivity (Wildman–Crippen MR) is 137 cm³/mol. The molecule has 2 aliphatic rings. The lowest BCUT2D eigenvalue weighted by Crippen LogP contribution is -2.67. The van der Waals surface area contributed by atoms with Gasteiger partial charge in [0.25, 0.3) is 11.6 Å². The number of rotatable bonds is 12. The highest BCUT2D eigenvalue weighted by atomic mass is 35.5. The van der Waals surface area contributed by atoms with E-state index in [1.807, 2.05) is 20.8 Å². The summed E-state index contributed by atoms with van der Waals surface area (Å²) in [5.74, 6) is -5.28. The van der Waals surface area contributed by atoms with E-state index in [4.69, 9.17) is 44.3 Å². The molecule has 15 heteroatoms. The van der Waals surface area contributed by atoms with Crippen LogP contribution in [0, 0.1) is 5.92 Å². The van der Waals surface area contributed by atoms with Crippen molar-refractivity contribution in [3.8, 4) is 0 Å². The molecule has 39 heavy (non-hydrogen) atoms. The fraction of sp³-hybridized carbons (Fsp3) is 0.917. The summed E-state index contributed by atoms with van der Waals surface area (Å²) in [7, 11) is 0. The molecule has 6 nitrogen and oxygen atoms in total. The van der Waals surface area contributed by atoms with E-state index in [1.54, 1.807) is 0 Å². The number of nitrogens with one attached hydrogen (secondary N) is 2. The van der Waals surface area contributed by atoms with Crippen LogP contribution >= 0.6 is 34.8 Å². The predicted octanol–water partition coefficient (Wildman–Crippen LogP) is 5.90. The second-order valence-corrected chi connectivity index (χ2v) is 11.9. The van der Waals surface area contributed by atoms with E-state index in [9.17, 15) is 36.6 Å². The highest BCUT2D eigenvalue weighted by Gasteiger charge is 2.74. The van der Waals surface area contributed by atoms with E-state index < -0.39 is 71.4 Å². The second kappa shape index (κ2) is 13.5. The molecule has 8 unspecified atom stereocenters. The zero-order chi connectivity index (χ0) is 30.0. The van der Waals surface area contributed by atoms with Gasteiger partial charge in [-0.05, 0) is 51.0 Å². The SMILES string of the molecule is CCC(C)(CC)OC(O)NCC1=C(Cl)CC(C(O)NC2C(Cl)CC(C(F)(C(C)(F)F)C(F)(F)F)OC2Cl)CC1. The van der Waals surface area contributed by atoms with Crippen LogP contribution in [0.15, 0.2) is 10.6 Å². The normalized spacial score (nSPS) is 30.7. The van der Waals surface area contributed by atoms with Gasteiger partial charge < -0.3 is 19.7 Å². The van der Waals surface area contributed by atoms with Crippen LogP contribution in [0.25, 0.3) is 0 Å². The van der Waals surface area contributed by atoms with Gasteiger partial charge in [-0.25, -0.2) is 13.2 Å². The lowest BCUT2D eigenvalue weighted by Gasteiger charge is -2.45. The first-order chi connectivity index (χ1) is 17.8. The van der Waals surface area contributed by atoms with Crippen LogP contribution in [0.5, 0.6) is 0 Å². The molecule has 0 bridgehead atoms. The first-order valence-electron chi connectivity index (χ1n) is 12.8. The van der Waals surface area contributed by atoms with Crippen molar-refractivity contribution in [2.45, 2.75) is 125 Å². The molecular weight excluding hydrogens is 601 g/mol. The van der Waals surface area contributed by atoms with Gasteiger partial charge in [0.2, 0.25) is 6.41 Å². The lowest BCUT2D eigenvalue weighted by molar-refractivity contribution is -0.335. The highest BCUT2D eigenvalue weighted by Crippen LogP contribution is 2.51.